The number of urea groups is 1. The minimum absolute atomic E-state index is 0.111. The number of ether oxygens (including phenoxy) is 1. The molecule has 1 aliphatic heterocycles. The van der Waals surface area contributed by atoms with Gasteiger partial charge in [0.25, 0.3) is 0 Å². The number of amides is 2. The summed E-state index contributed by atoms with van der Waals surface area (Å²) in [6.45, 7) is 5.50. The molecule has 8 heteroatoms. The molecule has 0 bridgehead atoms. The number of nitrogens with one attached hydrogen (secondary N) is 3. The molecule has 1 saturated heterocycles. The maximum atomic E-state index is 12.9. The molecule has 1 fully saturated rings. The molecule has 0 saturated carbocycles. The zero-order valence-corrected chi connectivity index (χ0v) is 17.9. The van der Waals surface area contributed by atoms with Gasteiger partial charge in [-0.1, -0.05) is 13.0 Å². The van der Waals surface area contributed by atoms with E-state index in [1.165, 1.54) is 7.11 Å². The molecule has 2 atom stereocenters. The summed E-state index contributed by atoms with van der Waals surface area (Å²) in [6.07, 6.45) is 4.63. The summed E-state index contributed by atoms with van der Waals surface area (Å²) in [4.78, 5) is 34.1. The van der Waals surface area contributed by atoms with E-state index >= 15 is 0 Å². The first-order valence-corrected chi connectivity index (χ1v) is 10.4. The van der Waals surface area contributed by atoms with Gasteiger partial charge in [0.15, 0.2) is 0 Å². The molecule has 2 aromatic heterocycles. The Morgan fingerprint density at radius 3 is 2.94 bits per heavy atom. The predicted octanol–water partition coefficient (Wildman–Crippen LogP) is 4.01. The first kappa shape index (κ1) is 20.7. The van der Waals surface area contributed by atoms with E-state index in [0.29, 0.717) is 30.3 Å². The van der Waals surface area contributed by atoms with Crippen LogP contribution in [0.1, 0.15) is 29.3 Å². The molecule has 0 unspecified atom stereocenters. The average molecular weight is 422 g/mol. The average Bonchev–Trinajstić information content (AvgIpc) is 3.25. The van der Waals surface area contributed by atoms with E-state index in [-0.39, 0.29) is 12.1 Å². The number of anilines is 2. The second-order valence-electron chi connectivity index (χ2n) is 8.02. The van der Waals surface area contributed by atoms with Gasteiger partial charge in [0.1, 0.15) is 5.65 Å². The highest BCUT2D eigenvalue weighted by Crippen LogP contribution is 2.29. The van der Waals surface area contributed by atoms with Crippen molar-refractivity contribution in [2.24, 2.45) is 5.92 Å². The van der Waals surface area contributed by atoms with Gasteiger partial charge in [-0.2, -0.15) is 0 Å². The minimum atomic E-state index is -0.434. The fourth-order valence-corrected chi connectivity index (χ4v) is 3.97. The number of piperidine rings is 1. The molecule has 0 radical (unpaired) electrons. The Morgan fingerprint density at radius 1 is 1.29 bits per heavy atom. The van der Waals surface area contributed by atoms with E-state index in [1.54, 1.807) is 24.3 Å². The van der Waals surface area contributed by atoms with Gasteiger partial charge in [0.2, 0.25) is 0 Å². The summed E-state index contributed by atoms with van der Waals surface area (Å²) >= 11 is 0. The van der Waals surface area contributed by atoms with Gasteiger partial charge < -0.3 is 25.3 Å². The molecular formula is C23H27N5O3. The Hall–Kier alpha value is -3.55. The van der Waals surface area contributed by atoms with Crippen molar-refractivity contribution in [1.29, 1.82) is 0 Å². The minimum Gasteiger partial charge on any atom is -0.465 e. The van der Waals surface area contributed by atoms with E-state index < -0.39 is 5.97 Å². The maximum Gasteiger partial charge on any atom is 0.337 e. The van der Waals surface area contributed by atoms with E-state index in [9.17, 15) is 9.59 Å². The Kier molecular flexibility index (Phi) is 5.79. The van der Waals surface area contributed by atoms with Gasteiger partial charge in [-0.05, 0) is 49.1 Å². The molecule has 1 aromatic carbocycles. The number of aromatic amines is 1. The van der Waals surface area contributed by atoms with Crippen LogP contribution in [0.5, 0.6) is 0 Å². The number of fused-ring (bicyclic) bond motifs is 1. The topological polar surface area (TPSA) is 99.3 Å². The molecule has 1 aliphatic rings. The second-order valence-corrected chi connectivity index (χ2v) is 8.02. The maximum absolute atomic E-state index is 12.9. The van der Waals surface area contributed by atoms with E-state index in [2.05, 4.69) is 27.5 Å². The van der Waals surface area contributed by atoms with Crippen LogP contribution in [0.25, 0.3) is 11.0 Å². The third-order valence-electron chi connectivity index (χ3n) is 5.89. The second kappa shape index (κ2) is 8.67. The van der Waals surface area contributed by atoms with Crippen LogP contribution >= 0.6 is 0 Å². The Bertz CT molecular complexity index is 1110. The number of nitrogens with zero attached hydrogens (tertiary/aromatic N) is 2. The lowest BCUT2D eigenvalue weighted by molar-refractivity contribution is 0.0600. The van der Waals surface area contributed by atoms with Crippen LogP contribution in [0.4, 0.5) is 16.2 Å². The lowest BCUT2D eigenvalue weighted by Crippen LogP contribution is -2.50. The first-order valence-electron chi connectivity index (χ1n) is 10.4. The number of H-pyrrole nitrogens is 1. The Balaban J connectivity index is 1.47. The molecule has 162 valence electrons. The van der Waals surface area contributed by atoms with Crippen LogP contribution in [0.3, 0.4) is 0 Å². The summed E-state index contributed by atoms with van der Waals surface area (Å²) < 4.78 is 4.75. The molecule has 4 rings (SSSR count). The molecule has 8 nitrogen and oxygen atoms in total. The van der Waals surface area contributed by atoms with Crippen LogP contribution in [0.2, 0.25) is 0 Å². The summed E-state index contributed by atoms with van der Waals surface area (Å²) in [5, 5.41) is 7.62. The molecule has 0 spiro atoms. The fourth-order valence-electron chi connectivity index (χ4n) is 3.97. The Labute approximate surface area is 181 Å². The van der Waals surface area contributed by atoms with Gasteiger partial charge >= 0.3 is 12.0 Å². The van der Waals surface area contributed by atoms with Gasteiger partial charge in [0, 0.05) is 48.3 Å². The van der Waals surface area contributed by atoms with Crippen molar-refractivity contribution in [3.63, 3.8) is 0 Å². The van der Waals surface area contributed by atoms with Crippen LogP contribution < -0.4 is 10.6 Å². The number of carbonyl (C=O) groups excluding carboxylic acids is 2. The molecule has 3 aromatic rings. The van der Waals surface area contributed by atoms with Crippen molar-refractivity contribution in [3.05, 3.63) is 53.9 Å². The number of likely N-dealkylation sites (tertiary alicyclic amines) is 1. The molecule has 2 amide bonds. The van der Waals surface area contributed by atoms with Crippen LogP contribution in [-0.4, -0.2) is 53.1 Å². The van der Waals surface area contributed by atoms with E-state index in [1.807, 2.05) is 30.3 Å². The number of pyridine rings is 1. The van der Waals surface area contributed by atoms with Crippen LogP contribution in [-0.2, 0) is 4.74 Å². The quantitative estimate of drug-likeness (QED) is 0.553. The summed E-state index contributed by atoms with van der Waals surface area (Å²) in [5.74, 6) is -0.0239. The zero-order chi connectivity index (χ0) is 22.0. The largest absolute Gasteiger partial charge is 0.465 e. The first-order chi connectivity index (χ1) is 15.0. The van der Waals surface area contributed by atoms with Crippen molar-refractivity contribution < 1.29 is 14.3 Å². The smallest absolute Gasteiger partial charge is 0.337 e. The molecule has 3 heterocycles. The van der Waals surface area contributed by atoms with Crippen molar-refractivity contribution in [2.75, 3.05) is 30.8 Å². The van der Waals surface area contributed by atoms with E-state index in [4.69, 9.17) is 4.74 Å². The third kappa shape index (κ3) is 4.33. The van der Waals surface area contributed by atoms with Gasteiger partial charge in [0.05, 0.1) is 12.7 Å². The summed E-state index contributed by atoms with van der Waals surface area (Å²) in [6, 6.07) is 8.70. The lowest BCUT2D eigenvalue weighted by Gasteiger charge is -2.38. The van der Waals surface area contributed by atoms with Gasteiger partial charge in [-0.25, -0.2) is 14.6 Å². The number of benzene rings is 1. The zero-order valence-electron chi connectivity index (χ0n) is 17.9. The number of aromatic nitrogens is 2. The number of esters is 1. The van der Waals surface area contributed by atoms with Crippen LogP contribution in [0, 0.1) is 12.8 Å². The fraction of sp³-hybridized carbons (Fsp3) is 0.348. The highest BCUT2D eigenvalue weighted by molar-refractivity contribution is 5.94. The highest BCUT2D eigenvalue weighted by Gasteiger charge is 2.29. The van der Waals surface area contributed by atoms with Crippen molar-refractivity contribution in [1.82, 2.24) is 14.9 Å². The molecule has 0 aliphatic carbocycles. The standard InChI is InChI=1S/C23H27N5O3/c1-14-8-10-28(23(30)26-17-6-4-5-16(11-17)22(29)31-3)13-19(14)27-20-15(2)12-25-21-18(20)7-9-24-21/h4-7,9,11-12,14,19H,8,10,13H2,1-3H3,(H,26,30)(H2,24,25,27)/t14-,19+/m1/s1. The number of hydrogen-bond acceptors (Lipinski definition) is 5. The summed E-state index contributed by atoms with van der Waals surface area (Å²) in [7, 11) is 1.33. The number of carbonyl (C=O) groups is 2. The van der Waals surface area contributed by atoms with Crippen molar-refractivity contribution in [2.45, 2.75) is 26.3 Å². The van der Waals surface area contributed by atoms with Gasteiger partial charge in [-0.15, -0.1) is 0 Å². The number of rotatable bonds is 4. The van der Waals surface area contributed by atoms with E-state index in [0.717, 1.165) is 28.7 Å². The third-order valence-corrected chi connectivity index (χ3v) is 5.89. The van der Waals surface area contributed by atoms with Crippen molar-refractivity contribution >= 4 is 34.4 Å². The number of methoxy groups -OCH3 is 1. The molecule has 3 N–H and O–H groups in total. The highest BCUT2D eigenvalue weighted by atomic mass is 16.5. The van der Waals surface area contributed by atoms with Crippen molar-refractivity contribution in [3.8, 4) is 0 Å². The monoisotopic (exact) mass is 421 g/mol. The predicted molar refractivity (Wildman–Crippen MR) is 120 cm³/mol. The lowest BCUT2D eigenvalue weighted by atomic mass is 9.93. The molecule has 31 heavy (non-hydrogen) atoms. The van der Waals surface area contributed by atoms with Gasteiger partial charge in [-0.3, -0.25) is 0 Å². The summed E-state index contributed by atoms with van der Waals surface area (Å²) in [5.41, 5.74) is 3.93. The number of hydrogen-bond donors (Lipinski definition) is 3. The normalized spacial score (nSPS) is 18.6. The number of aryl methyl sites for hydroxylation is 1. The Morgan fingerprint density at radius 2 is 2.13 bits per heavy atom. The SMILES string of the molecule is COC(=O)c1cccc(NC(=O)N2CC[C@@H](C)[C@@H](Nc3c(C)cnc4[nH]ccc34)C2)c1. The molecular weight excluding hydrogens is 394 g/mol. The van der Waals surface area contributed by atoms with Crippen LogP contribution in [0.15, 0.2) is 42.7 Å².